The van der Waals surface area contributed by atoms with E-state index in [4.69, 9.17) is 22.4 Å². The molecule has 25 heavy (non-hydrogen) atoms. The normalized spacial score (nSPS) is 12.5. The average Bonchev–Trinajstić information content (AvgIpc) is 2.54. The second kappa shape index (κ2) is 7.64. The molecule has 4 N–H and O–H groups in total. The predicted molar refractivity (Wildman–Crippen MR) is 92.4 cm³/mol. The van der Waals surface area contributed by atoms with Crippen LogP contribution < -0.4 is 10.5 Å². The predicted octanol–water partition coefficient (Wildman–Crippen LogP) is 1.61. The lowest BCUT2D eigenvalue weighted by Gasteiger charge is -2.13. The number of sulfonamides is 1. The van der Waals surface area contributed by atoms with E-state index in [1.807, 2.05) is 4.72 Å². The van der Waals surface area contributed by atoms with Gasteiger partial charge in [-0.15, -0.1) is 0 Å². The fraction of sp³-hybridized carbons (Fsp3) is 0.125. The van der Waals surface area contributed by atoms with Crippen molar-refractivity contribution in [3.05, 3.63) is 53.6 Å². The van der Waals surface area contributed by atoms with Crippen LogP contribution in [-0.4, -0.2) is 31.4 Å². The van der Waals surface area contributed by atoms with E-state index < -0.39 is 34.4 Å². The van der Waals surface area contributed by atoms with E-state index in [9.17, 15) is 18.0 Å². The average molecular weight is 383 g/mol. The molecule has 7 nitrogen and oxygen atoms in total. The van der Waals surface area contributed by atoms with Crippen molar-refractivity contribution < 1.29 is 23.1 Å². The SMILES string of the molecule is NC(=O)C[C@@H](NS(=O)(=O)c1ccc(-c2ccc(Cl)cc2)cc1)C(=O)O. The van der Waals surface area contributed by atoms with E-state index in [1.165, 1.54) is 12.1 Å². The molecule has 2 aromatic rings. The molecular weight excluding hydrogens is 368 g/mol. The van der Waals surface area contributed by atoms with Gasteiger partial charge in [0.15, 0.2) is 0 Å². The molecule has 1 amide bonds. The Labute approximate surface area is 149 Å². The zero-order valence-corrected chi connectivity index (χ0v) is 14.4. The van der Waals surface area contributed by atoms with Gasteiger partial charge in [-0.2, -0.15) is 4.72 Å². The highest BCUT2D eigenvalue weighted by atomic mass is 35.5. The van der Waals surface area contributed by atoms with E-state index in [-0.39, 0.29) is 4.90 Å². The lowest BCUT2D eigenvalue weighted by Crippen LogP contribution is -2.43. The van der Waals surface area contributed by atoms with Gasteiger partial charge in [0.2, 0.25) is 15.9 Å². The number of carboxylic acid groups (broad SMARTS) is 1. The quantitative estimate of drug-likeness (QED) is 0.670. The smallest absolute Gasteiger partial charge is 0.322 e. The van der Waals surface area contributed by atoms with Gasteiger partial charge in [-0.25, -0.2) is 8.42 Å². The first-order valence-corrected chi connectivity index (χ1v) is 8.94. The minimum absolute atomic E-state index is 0.124. The minimum atomic E-state index is -4.12. The lowest BCUT2D eigenvalue weighted by molar-refractivity contribution is -0.140. The van der Waals surface area contributed by atoms with Gasteiger partial charge in [0.05, 0.1) is 11.3 Å². The van der Waals surface area contributed by atoms with Crippen LogP contribution in [0.1, 0.15) is 6.42 Å². The van der Waals surface area contributed by atoms with Crippen LogP contribution in [0.2, 0.25) is 5.02 Å². The van der Waals surface area contributed by atoms with E-state index in [0.717, 1.165) is 11.1 Å². The third kappa shape index (κ3) is 5.02. The van der Waals surface area contributed by atoms with Gasteiger partial charge >= 0.3 is 5.97 Å². The number of hydrogen-bond donors (Lipinski definition) is 3. The molecule has 132 valence electrons. The summed E-state index contributed by atoms with van der Waals surface area (Å²) in [5, 5.41) is 9.59. The number of benzene rings is 2. The van der Waals surface area contributed by atoms with Crippen molar-refractivity contribution in [2.24, 2.45) is 5.73 Å². The molecule has 9 heteroatoms. The van der Waals surface area contributed by atoms with Gasteiger partial charge in [-0.3, -0.25) is 9.59 Å². The van der Waals surface area contributed by atoms with Crippen molar-refractivity contribution in [3.8, 4) is 11.1 Å². The van der Waals surface area contributed by atoms with E-state index in [1.54, 1.807) is 36.4 Å². The largest absolute Gasteiger partial charge is 0.480 e. The number of halogens is 1. The van der Waals surface area contributed by atoms with Crippen molar-refractivity contribution in [2.45, 2.75) is 17.4 Å². The van der Waals surface area contributed by atoms with Crippen molar-refractivity contribution in [2.75, 3.05) is 0 Å². The first-order chi connectivity index (χ1) is 11.7. The van der Waals surface area contributed by atoms with Gasteiger partial charge < -0.3 is 10.8 Å². The summed E-state index contributed by atoms with van der Waals surface area (Å²) in [6.07, 6.45) is -0.641. The summed E-state index contributed by atoms with van der Waals surface area (Å²) in [6.45, 7) is 0. The second-order valence-corrected chi connectivity index (χ2v) is 7.36. The Morgan fingerprint density at radius 1 is 1.04 bits per heavy atom. The minimum Gasteiger partial charge on any atom is -0.480 e. The van der Waals surface area contributed by atoms with Crippen molar-refractivity contribution in [1.29, 1.82) is 0 Å². The van der Waals surface area contributed by atoms with Crippen LogP contribution in [0, 0.1) is 0 Å². The highest BCUT2D eigenvalue weighted by Crippen LogP contribution is 2.23. The van der Waals surface area contributed by atoms with Crippen molar-refractivity contribution in [1.82, 2.24) is 4.72 Å². The molecule has 0 fully saturated rings. The number of rotatable bonds is 7. The Kier molecular flexibility index (Phi) is 5.78. The molecular formula is C16H15ClN2O5S. The zero-order valence-electron chi connectivity index (χ0n) is 12.8. The fourth-order valence-electron chi connectivity index (χ4n) is 2.10. The topological polar surface area (TPSA) is 127 Å². The molecule has 0 spiro atoms. The first-order valence-electron chi connectivity index (χ1n) is 7.08. The number of carbonyl (C=O) groups is 2. The highest BCUT2D eigenvalue weighted by molar-refractivity contribution is 7.89. The standard InChI is InChI=1S/C16H15ClN2O5S/c17-12-5-1-10(2-6-12)11-3-7-13(8-4-11)25(23,24)19-14(16(21)22)9-15(18)20/h1-8,14,19H,9H2,(H2,18,20)(H,21,22)/t14-/m1/s1. The monoisotopic (exact) mass is 382 g/mol. The summed E-state index contributed by atoms with van der Waals surface area (Å²) in [4.78, 5) is 21.8. The number of primary amides is 1. The summed E-state index contributed by atoms with van der Waals surface area (Å²) in [6, 6.07) is 11.2. The van der Waals surface area contributed by atoms with Crippen LogP contribution in [-0.2, 0) is 19.6 Å². The van der Waals surface area contributed by atoms with Crippen LogP contribution in [0.4, 0.5) is 0 Å². The molecule has 0 aromatic heterocycles. The number of carboxylic acids is 1. The molecule has 0 aliphatic heterocycles. The Morgan fingerprint density at radius 2 is 1.52 bits per heavy atom. The van der Waals surface area contributed by atoms with Crippen LogP contribution in [0.25, 0.3) is 11.1 Å². The summed E-state index contributed by atoms with van der Waals surface area (Å²) in [5.41, 5.74) is 6.55. The molecule has 0 aliphatic rings. The van der Waals surface area contributed by atoms with Gasteiger partial charge in [-0.1, -0.05) is 35.9 Å². The van der Waals surface area contributed by atoms with E-state index in [2.05, 4.69) is 0 Å². The molecule has 1 atom stereocenters. The Morgan fingerprint density at radius 3 is 1.96 bits per heavy atom. The fourth-order valence-corrected chi connectivity index (χ4v) is 3.42. The van der Waals surface area contributed by atoms with Crippen LogP contribution in [0.15, 0.2) is 53.4 Å². The van der Waals surface area contributed by atoms with Gasteiger partial charge in [0.1, 0.15) is 6.04 Å². The van der Waals surface area contributed by atoms with E-state index in [0.29, 0.717) is 5.02 Å². The van der Waals surface area contributed by atoms with Crippen LogP contribution in [0.3, 0.4) is 0 Å². The summed E-state index contributed by atoms with van der Waals surface area (Å²) in [5.74, 6) is -2.41. The number of nitrogens with two attached hydrogens (primary N) is 1. The maximum absolute atomic E-state index is 12.3. The Balaban J connectivity index is 2.23. The zero-order chi connectivity index (χ0) is 18.6. The second-order valence-electron chi connectivity index (χ2n) is 5.21. The number of carbonyl (C=O) groups excluding carboxylic acids is 1. The summed E-state index contributed by atoms with van der Waals surface area (Å²) >= 11 is 5.83. The van der Waals surface area contributed by atoms with Crippen LogP contribution in [0.5, 0.6) is 0 Å². The number of amides is 1. The summed E-state index contributed by atoms with van der Waals surface area (Å²) in [7, 11) is -4.12. The van der Waals surface area contributed by atoms with Gasteiger partial charge in [-0.05, 0) is 35.4 Å². The van der Waals surface area contributed by atoms with Crippen LogP contribution >= 0.6 is 11.6 Å². The third-order valence-electron chi connectivity index (χ3n) is 3.34. The molecule has 0 bridgehead atoms. The highest BCUT2D eigenvalue weighted by Gasteiger charge is 2.26. The first kappa shape index (κ1) is 18.9. The summed E-state index contributed by atoms with van der Waals surface area (Å²) < 4.78 is 26.5. The molecule has 0 saturated carbocycles. The lowest BCUT2D eigenvalue weighted by atomic mass is 10.1. The van der Waals surface area contributed by atoms with Crippen molar-refractivity contribution in [3.63, 3.8) is 0 Å². The number of hydrogen-bond acceptors (Lipinski definition) is 4. The molecule has 0 aliphatic carbocycles. The maximum atomic E-state index is 12.3. The molecule has 2 rings (SSSR count). The molecule has 0 saturated heterocycles. The number of aliphatic carboxylic acids is 1. The number of nitrogens with one attached hydrogen (secondary N) is 1. The Hall–Kier alpha value is -2.42. The van der Waals surface area contributed by atoms with Crippen molar-refractivity contribution >= 4 is 33.5 Å². The molecule has 0 heterocycles. The maximum Gasteiger partial charge on any atom is 0.322 e. The molecule has 0 radical (unpaired) electrons. The van der Waals surface area contributed by atoms with E-state index >= 15 is 0 Å². The molecule has 0 unspecified atom stereocenters. The Bertz CT molecular complexity index is 880. The van der Waals surface area contributed by atoms with Gasteiger partial charge in [0.25, 0.3) is 0 Å². The third-order valence-corrected chi connectivity index (χ3v) is 5.08. The van der Waals surface area contributed by atoms with Gasteiger partial charge in [0, 0.05) is 5.02 Å². The molecule has 2 aromatic carbocycles.